The van der Waals surface area contributed by atoms with Crippen LogP contribution in [0, 0.1) is 20.8 Å². The van der Waals surface area contributed by atoms with Gasteiger partial charge in [0.05, 0.1) is 0 Å². The zero-order valence-electron chi connectivity index (χ0n) is 25.9. The van der Waals surface area contributed by atoms with Gasteiger partial charge in [0.2, 0.25) is 0 Å². The maximum atomic E-state index is 13.3. The Morgan fingerprint density at radius 3 is 2.05 bits per heavy atom. The highest BCUT2D eigenvalue weighted by molar-refractivity contribution is 6.13. The van der Waals surface area contributed by atoms with Crippen LogP contribution >= 0.6 is 0 Å². The van der Waals surface area contributed by atoms with Crippen molar-refractivity contribution in [2.75, 3.05) is 0 Å². The standard InChI is InChI=1S/C36H40O2.C2H6/c1-10-13-19-29(22-27(6)35(38)31(12-3)30(11-2)24-37)23-34(32-20-15-14-17-26(32)5)36(8,9)33-21-16-18-25(4)28(33)7;1-2/h10-24H,2-3H2,1,4-9H3;1-2H3/b13-10+,27-22-,29-19-,31-30-,34-23+;. The molecule has 0 atom stereocenters. The fraction of sp³-hybridized carbons (Fsp3) is 0.263. The Morgan fingerprint density at radius 1 is 0.875 bits per heavy atom. The predicted octanol–water partition coefficient (Wildman–Crippen LogP) is 9.88. The Bertz CT molecular complexity index is 1370. The number of ketones is 1. The van der Waals surface area contributed by atoms with Crippen molar-refractivity contribution in [3.63, 3.8) is 0 Å². The molecule has 2 rings (SSSR count). The number of aryl methyl sites for hydroxylation is 2. The van der Waals surface area contributed by atoms with Crippen LogP contribution in [0.5, 0.6) is 0 Å². The van der Waals surface area contributed by atoms with Crippen LogP contribution < -0.4 is 0 Å². The van der Waals surface area contributed by atoms with Crippen LogP contribution in [0.1, 0.15) is 69.4 Å². The third-order valence-corrected chi connectivity index (χ3v) is 7.03. The van der Waals surface area contributed by atoms with Gasteiger partial charge in [-0.1, -0.05) is 120 Å². The van der Waals surface area contributed by atoms with Crippen LogP contribution in [0.3, 0.4) is 0 Å². The van der Waals surface area contributed by atoms with Gasteiger partial charge in [0.15, 0.2) is 12.1 Å². The van der Waals surface area contributed by atoms with Gasteiger partial charge in [-0.3, -0.25) is 9.59 Å². The molecule has 210 valence electrons. The lowest BCUT2D eigenvalue weighted by atomic mass is 9.71. The number of allylic oxidation sites excluding steroid dienone is 12. The lowest BCUT2D eigenvalue weighted by Crippen LogP contribution is -2.22. The van der Waals surface area contributed by atoms with Gasteiger partial charge in [0.25, 0.3) is 0 Å². The van der Waals surface area contributed by atoms with Crippen molar-refractivity contribution in [1.29, 1.82) is 0 Å². The van der Waals surface area contributed by atoms with E-state index in [0.29, 0.717) is 11.9 Å². The molecule has 0 saturated heterocycles. The second-order valence-electron chi connectivity index (χ2n) is 9.99. The minimum Gasteiger partial charge on any atom is -0.298 e. The summed E-state index contributed by atoms with van der Waals surface area (Å²) in [5, 5.41) is 0. The average molecular weight is 535 g/mol. The number of hydrogen-bond acceptors (Lipinski definition) is 2. The summed E-state index contributed by atoms with van der Waals surface area (Å²) in [7, 11) is 0. The SMILES string of the molecule is C=C/C(C=O)=C(\C=C)C(=O)\C(C)=C/C(/C=C(\c1ccccc1C)C(C)(C)c1cccc(C)c1C)=C/C=C/C.CC. The predicted molar refractivity (Wildman–Crippen MR) is 175 cm³/mol. The van der Waals surface area contributed by atoms with Crippen molar-refractivity contribution in [2.45, 2.75) is 67.7 Å². The summed E-state index contributed by atoms with van der Waals surface area (Å²) in [6.45, 7) is 26.1. The zero-order chi connectivity index (χ0) is 30.5. The molecule has 2 aromatic carbocycles. The molecule has 0 fully saturated rings. The molecule has 40 heavy (non-hydrogen) atoms. The van der Waals surface area contributed by atoms with Crippen molar-refractivity contribution in [1.82, 2.24) is 0 Å². The highest BCUT2D eigenvalue weighted by atomic mass is 16.1. The van der Waals surface area contributed by atoms with E-state index in [-0.39, 0.29) is 22.3 Å². The Morgan fingerprint density at radius 2 is 1.50 bits per heavy atom. The highest BCUT2D eigenvalue weighted by Gasteiger charge is 2.29. The molecule has 2 nitrogen and oxygen atoms in total. The molecule has 0 radical (unpaired) electrons. The third-order valence-electron chi connectivity index (χ3n) is 7.03. The summed E-state index contributed by atoms with van der Waals surface area (Å²) in [5.41, 5.74) is 8.78. The molecule has 0 bridgehead atoms. The minimum atomic E-state index is -0.331. The Balaban J connectivity index is 0.00000391. The largest absolute Gasteiger partial charge is 0.298 e. The maximum Gasteiger partial charge on any atom is 0.189 e. The van der Waals surface area contributed by atoms with Crippen molar-refractivity contribution < 1.29 is 9.59 Å². The zero-order valence-corrected chi connectivity index (χ0v) is 25.9. The number of carbonyl (C=O) groups is 2. The number of hydrogen-bond donors (Lipinski definition) is 0. The normalized spacial score (nSPS) is 13.3. The van der Waals surface area contributed by atoms with E-state index in [4.69, 9.17) is 0 Å². The number of Topliss-reactive ketones (excluding diaryl/α,β-unsaturated/α-hetero) is 1. The molecule has 0 aliphatic rings. The van der Waals surface area contributed by atoms with Crippen molar-refractivity contribution in [3.05, 3.63) is 148 Å². The Hall–Kier alpha value is -4.04. The lowest BCUT2D eigenvalue weighted by Gasteiger charge is -2.32. The van der Waals surface area contributed by atoms with Gasteiger partial charge in [-0.25, -0.2) is 0 Å². The topological polar surface area (TPSA) is 34.1 Å². The van der Waals surface area contributed by atoms with Gasteiger partial charge in [0, 0.05) is 16.6 Å². The number of rotatable bonds is 11. The molecular weight excluding hydrogens is 488 g/mol. The van der Waals surface area contributed by atoms with Crippen LogP contribution in [0.2, 0.25) is 0 Å². The Kier molecular flexibility index (Phi) is 13.7. The van der Waals surface area contributed by atoms with E-state index in [2.05, 4.69) is 90.3 Å². The van der Waals surface area contributed by atoms with E-state index in [1.807, 2.05) is 51.1 Å². The molecule has 0 aromatic heterocycles. The number of carbonyl (C=O) groups excluding carboxylic acids is 2. The van der Waals surface area contributed by atoms with Crippen LogP contribution in [-0.4, -0.2) is 12.1 Å². The first-order valence-corrected chi connectivity index (χ1v) is 13.9. The molecule has 2 heteroatoms. The van der Waals surface area contributed by atoms with Crippen LogP contribution in [0.15, 0.2) is 120 Å². The van der Waals surface area contributed by atoms with Gasteiger partial charge in [-0.2, -0.15) is 0 Å². The first-order chi connectivity index (χ1) is 19.0. The first-order valence-electron chi connectivity index (χ1n) is 13.9. The fourth-order valence-corrected chi connectivity index (χ4v) is 4.65. The van der Waals surface area contributed by atoms with E-state index < -0.39 is 0 Å². The van der Waals surface area contributed by atoms with E-state index in [0.717, 1.165) is 16.7 Å². The molecule has 2 aromatic rings. The second kappa shape index (κ2) is 16.2. The third kappa shape index (κ3) is 8.23. The summed E-state index contributed by atoms with van der Waals surface area (Å²) in [5.74, 6) is -0.256. The number of aldehydes is 1. The van der Waals surface area contributed by atoms with Gasteiger partial charge in [-0.15, -0.1) is 0 Å². The number of benzene rings is 2. The smallest absolute Gasteiger partial charge is 0.189 e. The molecule has 0 aliphatic carbocycles. The van der Waals surface area contributed by atoms with Crippen LogP contribution in [-0.2, 0) is 15.0 Å². The molecule has 0 saturated carbocycles. The van der Waals surface area contributed by atoms with Gasteiger partial charge in [0.1, 0.15) is 0 Å². The Labute approximate surface area is 242 Å². The summed E-state index contributed by atoms with van der Waals surface area (Å²) in [6, 6.07) is 14.8. The maximum absolute atomic E-state index is 13.3. The quantitative estimate of drug-likeness (QED) is 0.163. The molecule has 0 unspecified atom stereocenters. The molecule has 0 amide bonds. The van der Waals surface area contributed by atoms with E-state index in [1.165, 1.54) is 34.4 Å². The van der Waals surface area contributed by atoms with Crippen molar-refractivity contribution >= 4 is 17.6 Å². The van der Waals surface area contributed by atoms with Crippen molar-refractivity contribution in [2.24, 2.45) is 0 Å². The van der Waals surface area contributed by atoms with Gasteiger partial charge < -0.3 is 0 Å². The minimum absolute atomic E-state index is 0.226. The first kappa shape index (κ1) is 34.0. The average Bonchev–Trinajstić information content (AvgIpc) is 2.95. The fourth-order valence-electron chi connectivity index (χ4n) is 4.65. The molecule has 0 spiro atoms. The summed E-state index contributed by atoms with van der Waals surface area (Å²) < 4.78 is 0. The monoisotopic (exact) mass is 534 g/mol. The molecule has 0 N–H and O–H groups in total. The highest BCUT2D eigenvalue weighted by Crippen LogP contribution is 2.42. The second-order valence-corrected chi connectivity index (χ2v) is 9.99. The summed E-state index contributed by atoms with van der Waals surface area (Å²) in [6.07, 6.45) is 13.4. The van der Waals surface area contributed by atoms with E-state index in [9.17, 15) is 9.59 Å². The van der Waals surface area contributed by atoms with E-state index in [1.54, 1.807) is 6.92 Å². The van der Waals surface area contributed by atoms with Crippen LogP contribution in [0.4, 0.5) is 0 Å². The molecule has 0 aliphatic heterocycles. The van der Waals surface area contributed by atoms with Gasteiger partial charge in [-0.05, 0) is 85.2 Å². The lowest BCUT2D eigenvalue weighted by molar-refractivity contribution is -0.112. The summed E-state index contributed by atoms with van der Waals surface area (Å²) >= 11 is 0. The van der Waals surface area contributed by atoms with Crippen molar-refractivity contribution in [3.8, 4) is 0 Å². The molecular formula is C38H46O2. The van der Waals surface area contributed by atoms with Crippen LogP contribution in [0.25, 0.3) is 5.57 Å². The van der Waals surface area contributed by atoms with Gasteiger partial charge >= 0.3 is 0 Å². The molecule has 0 heterocycles. The van der Waals surface area contributed by atoms with E-state index >= 15 is 0 Å². The summed E-state index contributed by atoms with van der Waals surface area (Å²) in [4.78, 5) is 24.8.